The highest BCUT2D eigenvalue weighted by molar-refractivity contribution is 5.81. The summed E-state index contributed by atoms with van der Waals surface area (Å²) < 4.78 is 0. The molecule has 20 heavy (non-hydrogen) atoms. The van der Waals surface area contributed by atoms with E-state index < -0.39 is 0 Å². The van der Waals surface area contributed by atoms with Crippen molar-refractivity contribution in [2.24, 2.45) is 5.92 Å². The summed E-state index contributed by atoms with van der Waals surface area (Å²) >= 11 is 0. The maximum atomic E-state index is 12.3. The molecule has 0 aliphatic carbocycles. The smallest absolute Gasteiger partial charge is 0.238 e. The standard InChI is InChI=1S/C17H26N2O/c1-5-14(6-2)13(4)19-16(20)11-18-17(19)15-9-7-8-12(3)10-15/h7-10,13-14,17-18H,5-6,11H2,1-4H3. The van der Waals surface area contributed by atoms with Gasteiger partial charge in [0.1, 0.15) is 6.17 Å². The molecule has 0 aromatic heterocycles. The van der Waals surface area contributed by atoms with E-state index in [0.717, 1.165) is 12.8 Å². The Morgan fingerprint density at radius 3 is 2.65 bits per heavy atom. The summed E-state index contributed by atoms with van der Waals surface area (Å²) in [5.41, 5.74) is 2.42. The maximum absolute atomic E-state index is 12.3. The van der Waals surface area contributed by atoms with Gasteiger partial charge in [0.2, 0.25) is 5.91 Å². The highest BCUT2D eigenvalue weighted by Gasteiger charge is 2.37. The monoisotopic (exact) mass is 274 g/mol. The molecule has 110 valence electrons. The molecule has 1 saturated heterocycles. The first-order valence-electron chi connectivity index (χ1n) is 7.69. The molecule has 1 N–H and O–H groups in total. The van der Waals surface area contributed by atoms with Crippen LogP contribution < -0.4 is 5.32 Å². The molecule has 1 fully saturated rings. The summed E-state index contributed by atoms with van der Waals surface area (Å²) in [5.74, 6) is 0.780. The van der Waals surface area contributed by atoms with E-state index >= 15 is 0 Å². The van der Waals surface area contributed by atoms with Crippen LogP contribution in [-0.4, -0.2) is 23.4 Å². The molecular weight excluding hydrogens is 248 g/mol. The summed E-state index contributed by atoms with van der Waals surface area (Å²) in [4.78, 5) is 14.3. The van der Waals surface area contributed by atoms with E-state index in [1.165, 1.54) is 11.1 Å². The van der Waals surface area contributed by atoms with Crippen molar-refractivity contribution in [2.45, 2.75) is 52.7 Å². The molecule has 1 aromatic rings. The van der Waals surface area contributed by atoms with Crippen molar-refractivity contribution in [3.63, 3.8) is 0 Å². The van der Waals surface area contributed by atoms with Crippen molar-refractivity contribution < 1.29 is 4.79 Å². The average Bonchev–Trinajstić information content (AvgIpc) is 2.82. The Hall–Kier alpha value is -1.35. The Balaban J connectivity index is 2.26. The molecule has 0 saturated carbocycles. The third-order valence-electron chi connectivity index (χ3n) is 4.54. The SMILES string of the molecule is CCC(CC)C(C)N1C(=O)CNC1c1cccc(C)c1. The molecule has 1 amide bonds. The molecule has 2 rings (SSSR count). The van der Waals surface area contributed by atoms with Crippen molar-refractivity contribution in [3.05, 3.63) is 35.4 Å². The van der Waals surface area contributed by atoms with Gasteiger partial charge < -0.3 is 4.90 Å². The number of nitrogens with zero attached hydrogens (tertiary/aromatic N) is 1. The second kappa shape index (κ2) is 6.40. The lowest BCUT2D eigenvalue weighted by molar-refractivity contribution is -0.131. The van der Waals surface area contributed by atoms with E-state index in [2.05, 4.69) is 57.3 Å². The quantitative estimate of drug-likeness (QED) is 0.894. The van der Waals surface area contributed by atoms with E-state index in [0.29, 0.717) is 12.5 Å². The highest BCUT2D eigenvalue weighted by Crippen LogP contribution is 2.30. The maximum Gasteiger partial charge on any atom is 0.238 e. The number of benzene rings is 1. The lowest BCUT2D eigenvalue weighted by atomic mass is 9.93. The number of amides is 1. The van der Waals surface area contributed by atoms with E-state index in [9.17, 15) is 4.79 Å². The number of carbonyl (C=O) groups is 1. The second-order valence-corrected chi connectivity index (χ2v) is 5.82. The average molecular weight is 274 g/mol. The predicted molar refractivity (Wildman–Crippen MR) is 82.3 cm³/mol. The van der Waals surface area contributed by atoms with Crippen molar-refractivity contribution in [1.29, 1.82) is 0 Å². The predicted octanol–water partition coefficient (Wildman–Crippen LogP) is 3.25. The molecule has 1 aliphatic rings. The molecule has 1 aliphatic heterocycles. The number of carbonyl (C=O) groups excluding carboxylic acids is 1. The number of hydrogen-bond acceptors (Lipinski definition) is 2. The zero-order valence-electron chi connectivity index (χ0n) is 13.0. The summed E-state index contributed by atoms with van der Waals surface area (Å²) in [6, 6.07) is 8.71. The van der Waals surface area contributed by atoms with Gasteiger partial charge in [-0.3, -0.25) is 10.1 Å². The van der Waals surface area contributed by atoms with Gasteiger partial charge in [0, 0.05) is 6.04 Å². The van der Waals surface area contributed by atoms with Crippen molar-refractivity contribution in [2.75, 3.05) is 6.54 Å². The van der Waals surface area contributed by atoms with Gasteiger partial charge in [-0.1, -0.05) is 56.5 Å². The Labute approximate surface area is 122 Å². The topological polar surface area (TPSA) is 32.3 Å². The van der Waals surface area contributed by atoms with Gasteiger partial charge in [0.05, 0.1) is 6.54 Å². The van der Waals surface area contributed by atoms with E-state index in [4.69, 9.17) is 0 Å². The zero-order valence-corrected chi connectivity index (χ0v) is 13.0. The Bertz CT molecular complexity index is 468. The van der Waals surface area contributed by atoms with Crippen molar-refractivity contribution in [1.82, 2.24) is 10.2 Å². The minimum Gasteiger partial charge on any atom is -0.319 e. The number of aryl methyl sites for hydroxylation is 1. The molecule has 3 nitrogen and oxygen atoms in total. The van der Waals surface area contributed by atoms with Crippen LogP contribution in [-0.2, 0) is 4.79 Å². The molecule has 3 heteroatoms. The summed E-state index contributed by atoms with van der Waals surface area (Å²) in [6.07, 6.45) is 2.25. The van der Waals surface area contributed by atoms with Crippen molar-refractivity contribution in [3.8, 4) is 0 Å². The first kappa shape index (κ1) is 15.0. The normalized spacial score (nSPS) is 20.8. The van der Waals surface area contributed by atoms with Gasteiger partial charge in [-0.25, -0.2) is 0 Å². The van der Waals surface area contributed by atoms with E-state index in [1.54, 1.807) is 0 Å². The van der Waals surface area contributed by atoms with Crippen LogP contribution in [0.15, 0.2) is 24.3 Å². The van der Waals surface area contributed by atoms with Crippen LogP contribution in [0.5, 0.6) is 0 Å². The molecule has 0 spiro atoms. The molecule has 0 bridgehead atoms. The fourth-order valence-corrected chi connectivity index (χ4v) is 3.30. The first-order valence-corrected chi connectivity index (χ1v) is 7.69. The molecule has 1 heterocycles. The lowest BCUT2D eigenvalue weighted by Gasteiger charge is -2.35. The number of rotatable bonds is 5. The van der Waals surface area contributed by atoms with Crippen LogP contribution in [0.4, 0.5) is 0 Å². The largest absolute Gasteiger partial charge is 0.319 e. The van der Waals surface area contributed by atoms with Crippen LogP contribution in [0.2, 0.25) is 0 Å². The summed E-state index contributed by atoms with van der Waals surface area (Å²) in [5, 5.41) is 3.36. The minimum absolute atomic E-state index is 0.0259. The lowest BCUT2D eigenvalue weighted by Crippen LogP contribution is -2.42. The Morgan fingerprint density at radius 2 is 2.05 bits per heavy atom. The molecule has 2 unspecified atom stereocenters. The van der Waals surface area contributed by atoms with E-state index in [1.807, 2.05) is 4.90 Å². The fraction of sp³-hybridized carbons (Fsp3) is 0.588. The van der Waals surface area contributed by atoms with Gasteiger partial charge in [0.15, 0.2) is 0 Å². The highest BCUT2D eigenvalue weighted by atomic mass is 16.2. The van der Waals surface area contributed by atoms with Crippen LogP contribution in [0.1, 0.15) is 50.9 Å². The molecule has 2 atom stereocenters. The summed E-state index contributed by atoms with van der Waals surface area (Å²) in [6.45, 7) is 9.14. The first-order chi connectivity index (χ1) is 9.58. The van der Waals surface area contributed by atoms with Gasteiger partial charge in [-0.05, 0) is 25.3 Å². The Kier molecular flexibility index (Phi) is 4.81. The third-order valence-corrected chi connectivity index (χ3v) is 4.54. The van der Waals surface area contributed by atoms with Crippen LogP contribution >= 0.6 is 0 Å². The summed E-state index contributed by atoms with van der Waals surface area (Å²) in [7, 11) is 0. The fourth-order valence-electron chi connectivity index (χ4n) is 3.30. The number of nitrogens with one attached hydrogen (secondary N) is 1. The molecule has 1 aromatic carbocycles. The van der Waals surface area contributed by atoms with Gasteiger partial charge in [0.25, 0.3) is 0 Å². The number of hydrogen-bond donors (Lipinski definition) is 1. The van der Waals surface area contributed by atoms with E-state index in [-0.39, 0.29) is 18.1 Å². The second-order valence-electron chi connectivity index (χ2n) is 5.82. The zero-order chi connectivity index (χ0) is 14.7. The van der Waals surface area contributed by atoms with Crippen molar-refractivity contribution >= 4 is 5.91 Å². The minimum atomic E-state index is 0.0259. The van der Waals surface area contributed by atoms with Crippen LogP contribution in [0.25, 0.3) is 0 Å². The molecule has 0 radical (unpaired) electrons. The Morgan fingerprint density at radius 1 is 1.35 bits per heavy atom. The molecular formula is C17H26N2O. The van der Waals surface area contributed by atoms with Gasteiger partial charge in [-0.15, -0.1) is 0 Å². The third kappa shape index (κ3) is 2.88. The van der Waals surface area contributed by atoms with Crippen LogP contribution in [0.3, 0.4) is 0 Å². The van der Waals surface area contributed by atoms with Crippen LogP contribution in [0, 0.1) is 12.8 Å². The van der Waals surface area contributed by atoms with Gasteiger partial charge >= 0.3 is 0 Å². The van der Waals surface area contributed by atoms with Gasteiger partial charge in [-0.2, -0.15) is 0 Å².